The first-order valence-electron chi connectivity index (χ1n) is 7.62. The van der Waals surface area contributed by atoms with Crippen LogP contribution in [0.1, 0.15) is 0 Å². The smallest absolute Gasteiger partial charge is 0.115 e. The molecule has 1 N–H and O–H groups in total. The Hall–Kier alpha value is -3.06. The van der Waals surface area contributed by atoms with Gasteiger partial charge in [-0.1, -0.05) is 91.0 Å². The average molecular weight is 298 g/mol. The van der Waals surface area contributed by atoms with Crippen molar-refractivity contribution in [2.24, 2.45) is 0 Å². The molecule has 0 saturated heterocycles. The number of benzene rings is 4. The second kappa shape index (κ2) is 7.28. The van der Waals surface area contributed by atoms with Crippen LogP contribution in [0.25, 0.3) is 21.9 Å². The highest BCUT2D eigenvalue weighted by Crippen LogP contribution is 2.27. The fraction of sp³-hybridized carbons (Fsp3) is 0. The van der Waals surface area contributed by atoms with E-state index >= 15 is 0 Å². The molecular formula is C22H18O. The van der Waals surface area contributed by atoms with E-state index in [1.54, 1.807) is 24.3 Å². The average Bonchev–Trinajstić information content (AvgIpc) is 2.63. The zero-order chi connectivity index (χ0) is 15.9. The van der Waals surface area contributed by atoms with Gasteiger partial charge in [-0.2, -0.15) is 0 Å². The molecule has 0 unspecified atom stereocenters. The maximum absolute atomic E-state index is 8.63. The Kier molecular flexibility index (Phi) is 4.70. The molecule has 0 aliphatic rings. The second-order valence-electron chi connectivity index (χ2n) is 5.23. The molecule has 4 aromatic rings. The van der Waals surface area contributed by atoms with Crippen LogP contribution >= 0.6 is 0 Å². The van der Waals surface area contributed by atoms with E-state index in [9.17, 15) is 0 Å². The first kappa shape index (κ1) is 14.9. The van der Waals surface area contributed by atoms with Crippen LogP contribution in [0.3, 0.4) is 0 Å². The molecule has 0 heterocycles. The zero-order valence-corrected chi connectivity index (χ0v) is 12.8. The first-order valence-corrected chi connectivity index (χ1v) is 7.62. The van der Waals surface area contributed by atoms with Gasteiger partial charge in [0.25, 0.3) is 0 Å². The predicted molar refractivity (Wildman–Crippen MR) is 97.5 cm³/mol. The highest BCUT2D eigenvalue weighted by Gasteiger charge is 2.01. The van der Waals surface area contributed by atoms with Gasteiger partial charge in [-0.05, 0) is 34.0 Å². The minimum absolute atomic E-state index is 0.322. The summed E-state index contributed by atoms with van der Waals surface area (Å²) in [4.78, 5) is 0. The van der Waals surface area contributed by atoms with Crippen LogP contribution in [0.5, 0.6) is 5.75 Å². The summed E-state index contributed by atoms with van der Waals surface area (Å²) in [6, 6.07) is 34.2. The summed E-state index contributed by atoms with van der Waals surface area (Å²) in [5.74, 6) is 0.322. The zero-order valence-electron chi connectivity index (χ0n) is 12.8. The minimum Gasteiger partial charge on any atom is -0.508 e. The molecule has 0 fully saturated rings. The number of phenolic OH excluding ortho intramolecular Hbond substituents is 1. The van der Waals surface area contributed by atoms with Gasteiger partial charge in [-0.15, -0.1) is 0 Å². The molecule has 0 saturated carbocycles. The van der Waals surface area contributed by atoms with E-state index in [4.69, 9.17) is 5.11 Å². The van der Waals surface area contributed by atoms with E-state index < -0.39 is 0 Å². The quantitative estimate of drug-likeness (QED) is 0.464. The molecule has 0 bridgehead atoms. The lowest BCUT2D eigenvalue weighted by Crippen LogP contribution is -1.79. The Morgan fingerprint density at radius 2 is 1.04 bits per heavy atom. The van der Waals surface area contributed by atoms with Crippen LogP contribution in [0.15, 0.2) is 103 Å². The van der Waals surface area contributed by atoms with Crippen LogP contribution in [-0.2, 0) is 0 Å². The summed E-state index contributed by atoms with van der Waals surface area (Å²) >= 11 is 0. The lowest BCUT2D eigenvalue weighted by Gasteiger charge is -2.06. The van der Waals surface area contributed by atoms with E-state index in [1.807, 2.05) is 6.07 Å². The number of phenols is 1. The summed E-state index contributed by atoms with van der Waals surface area (Å²) < 4.78 is 0. The number of aromatic hydroxyl groups is 1. The molecule has 4 rings (SSSR count). The third kappa shape index (κ3) is 3.78. The third-order valence-electron chi connectivity index (χ3n) is 3.63. The van der Waals surface area contributed by atoms with E-state index in [2.05, 4.69) is 72.8 Å². The summed E-state index contributed by atoms with van der Waals surface area (Å²) in [5.41, 5.74) is 2.58. The van der Waals surface area contributed by atoms with E-state index in [0.717, 1.165) is 0 Å². The highest BCUT2D eigenvalue weighted by molar-refractivity contribution is 5.96. The van der Waals surface area contributed by atoms with Crippen molar-refractivity contribution in [2.45, 2.75) is 0 Å². The van der Waals surface area contributed by atoms with Gasteiger partial charge in [0.05, 0.1) is 0 Å². The van der Waals surface area contributed by atoms with Crippen LogP contribution in [-0.4, -0.2) is 5.11 Å². The lowest BCUT2D eigenvalue weighted by molar-refractivity contribution is 0.475. The van der Waals surface area contributed by atoms with Gasteiger partial charge in [0.15, 0.2) is 0 Å². The Morgan fingerprint density at radius 3 is 1.70 bits per heavy atom. The number of hydrogen-bond donors (Lipinski definition) is 1. The molecular weight excluding hydrogens is 280 g/mol. The van der Waals surface area contributed by atoms with Crippen LogP contribution in [0, 0.1) is 0 Å². The van der Waals surface area contributed by atoms with Gasteiger partial charge in [0.2, 0.25) is 0 Å². The molecule has 0 aliphatic heterocycles. The number of fused-ring (bicyclic) bond motifs is 1. The molecule has 0 atom stereocenters. The third-order valence-corrected chi connectivity index (χ3v) is 3.63. The van der Waals surface area contributed by atoms with Crippen molar-refractivity contribution in [2.75, 3.05) is 0 Å². The van der Waals surface area contributed by atoms with Gasteiger partial charge >= 0.3 is 0 Å². The molecule has 23 heavy (non-hydrogen) atoms. The molecule has 0 radical (unpaired) electrons. The normalized spacial score (nSPS) is 9.91. The molecule has 0 aromatic heterocycles. The van der Waals surface area contributed by atoms with E-state index in [1.165, 1.54) is 21.9 Å². The van der Waals surface area contributed by atoms with Gasteiger partial charge in [-0.25, -0.2) is 0 Å². The van der Waals surface area contributed by atoms with Crippen molar-refractivity contribution in [3.05, 3.63) is 103 Å². The summed E-state index contributed by atoms with van der Waals surface area (Å²) in [5, 5.41) is 11.2. The Labute approximate surface area is 136 Å². The van der Waals surface area contributed by atoms with Gasteiger partial charge in [0.1, 0.15) is 5.75 Å². The van der Waals surface area contributed by atoms with E-state index in [-0.39, 0.29) is 0 Å². The summed E-state index contributed by atoms with van der Waals surface area (Å²) in [6.07, 6.45) is 0. The van der Waals surface area contributed by atoms with Crippen molar-refractivity contribution in [1.82, 2.24) is 0 Å². The predicted octanol–water partition coefficient (Wildman–Crippen LogP) is 5.90. The van der Waals surface area contributed by atoms with Gasteiger partial charge in [0, 0.05) is 0 Å². The Bertz CT molecular complexity index is 862. The first-order chi connectivity index (χ1) is 11.3. The standard InChI is InChI=1S/C16H12.C6H6O/c1-2-7-13(8-3-1)16-12-6-10-14-9-4-5-11-15(14)16;7-6-4-2-1-3-5-6/h1-12H;1-5,7H. The molecule has 0 aliphatic carbocycles. The largest absolute Gasteiger partial charge is 0.508 e. The van der Waals surface area contributed by atoms with Gasteiger partial charge < -0.3 is 5.11 Å². The Morgan fingerprint density at radius 1 is 0.478 bits per heavy atom. The molecule has 112 valence electrons. The summed E-state index contributed by atoms with van der Waals surface area (Å²) in [7, 11) is 0. The topological polar surface area (TPSA) is 20.2 Å². The number of hydrogen-bond acceptors (Lipinski definition) is 1. The van der Waals surface area contributed by atoms with Crippen molar-refractivity contribution in [3.8, 4) is 16.9 Å². The molecule has 4 aromatic carbocycles. The fourth-order valence-electron chi connectivity index (χ4n) is 2.52. The number of para-hydroxylation sites is 1. The SMILES string of the molecule is Oc1ccccc1.c1ccc(-c2cccc3ccccc23)cc1. The van der Waals surface area contributed by atoms with Crippen LogP contribution in [0.4, 0.5) is 0 Å². The number of rotatable bonds is 1. The van der Waals surface area contributed by atoms with E-state index in [0.29, 0.717) is 5.75 Å². The molecule has 1 nitrogen and oxygen atoms in total. The van der Waals surface area contributed by atoms with Crippen molar-refractivity contribution in [1.29, 1.82) is 0 Å². The molecule has 0 amide bonds. The van der Waals surface area contributed by atoms with Gasteiger partial charge in [-0.3, -0.25) is 0 Å². The maximum atomic E-state index is 8.63. The van der Waals surface area contributed by atoms with Crippen LogP contribution < -0.4 is 0 Å². The molecule has 1 heteroatoms. The fourth-order valence-corrected chi connectivity index (χ4v) is 2.52. The Balaban J connectivity index is 0.000000188. The van der Waals surface area contributed by atoms with Crippen molar-refractivity contribution >= 4 is 10.8 Å². The van der Waals surface area contributed by atoms with Crippen LogP contribution in [0.2, 0.25) is 0 Å². The monoisotopic (exact) mass is 298 g/mol. The minimum atomic E-state index is 0.322. The van der Waals surface area contributed by atoms with Crippen molar-refractivity contribution in [3.63, 3.8) is 0 Å². The second-order valence-corrected chi connectivity index (χ2v) is 5.23. The molecule has 0 spiro atoms. The highest BCUT2D eigenvalue weighted by atomic mass is 16.3. The summed E-state index contributed by atoms with van der Waals surface area (Å²) in [6.45, 7) is 0. The maximum Gasteiger partial charge on any atom is 0.115 e. The van der Waals surface area contributed by atoms with Crippen molar-refractivity contribution < 1.29 is 5.11 Å². The lowest BCUT2D eigenvalue weighted by atomic mass is 9.98.